The zero-order chi connectivity index (χ0) is 13.2. The average Bonchev–Trinajstić information content (AvgIpc) is 2.85. The summed E-state index contributed by atoms with van der Waals surface area (Å²) in [5, 5.41) is 3.82. The molecule has 96 valence electrons. The molecule has 4 nitrogen and oxygen atoms in total. The summed E-state index contributed by atoms with van der Waals surface area (Å²) in [6.07, 6.45) is 1.46. The summed E-state index contributed by atoms with van der Waals surface area (Å²) in [6.45, 7) is 2.75. The Kier molecular flexibility index (Phi) is 2.87. The second-order valence-corrected chi connectivity index (χ2v) is 4.09. The molecule has 0 radical (unpaired) electrons. The predicted molar refractivity (Wildman–Crippen MR) is 71.4 cm³/mol. The van der Waals surface area contributed by atoms with Gasteiger partial charge in [0.15, 0.2) is 17.2 Å². The number of furan rings is 1. The number of rotatable bonds is 3. The van der Waals surface area contributed by atoms with Gasteiger partial charge in [-0.1, -0.05) is 12.1 Å². The Hall–Kier alpha value is -2.43. The SMILES string of the molecule is CCNc1cc(-c2cc3cccc(F)c3o2)ncn1. The molecule has 0 amide bonds. The standard InChI is InChI=1S/C14H12FN3O/c1-2-16-13-7-11(17-8-18-13)12-6-9-4-3-5-10(15)14(9)19-12/h3-8H,2H2,1H3,(H,16,17,18). The number of nitrogens with one attached hydrogen (secondary N) is 1. The van der Waals surface area contributed by atoms with E-state index < -0.39 is 0 Å². The zero-order valence-corrected chi connectivity index (χ0v) is 10.4. The van der Waals surface area contributed by atoms with E-state index in [1.54, 1.807) is 24.3 Å². The highest BCUT2D eigenvalue weighted by atomic mass is 19.1. The summed E-state index contributed by atoms with van der Waals surface area (Å²) in [7, 11) is 0. The van der Waals surface area contributed by atoms with Crippen LogP contribution in [0.25, 0.3) is 22.4 Å². The maximum absolute atomic E-state index is 13.6. The molecule has 0 saturated heterocycles. The number of hydrogen-bond donors (Lipinski definition) is 1. The largest absolute Gasteiger partial charge is 0.451 e. The number of halogens is 1. The summed E-state index contributed by atoms with van der Waals surface area (Å²) in [5.74, 6) is 0.875. The van der Waals surface area contributed by atoms with Gasteiger partial charge >= 0.3 is 0 Å². The molecule has 1 N–H and O–H groups in total. The molecule has 19 heavy (non-hydrogen) atoms. The van der Waals surface area contributed by atoms with Gasteiger partial charge < -0.3 is 9.73 Å². The lowest BCUT2D eigenvalue weighted by Gasteiger charge is -2.02. The van der Waals surface area contributed by atoms with Gasteiger partial charge in [0.25, 0.3) is 0 Å². The van der Waals surface area contributed by atoms with Crippen molar-refractivity contribution in [2.24, 2.45) is 0 Å². The molecule has 0 aliphatic carbocycles. The Morgan fingerprint density at radius 1 is 1.26 bits per heavy atom. The van der Waals surface area contributed by atoms with Gasteiger partial charge in [-0.15, -0.1) is 0 Å². The fourth-order valence-corrected chi connectivity index (χ4v) is 1.92. The van der Waals surface area contributed by atoms with Crippen molar-refractivity contribution in [3.8, 4) is 11.5 Å². The van der Waals surface area contributed by atoms with Crippen molar-refractivity contribution >= 4 is 16.8 Å². The highest BCUT2D eigenvalue weighted by Gasteiger charge is 2.11. The van der Waals surface area contributed by atoms with Gasteiger partial charge in [-0.2, -0.15) is 0 Å². The van der Waals surface area contributed by atoms with Gasteiger partial charge in [-0.3, -0.25) is 0 Å². The fraction of sp³-hybridized carbons (Fsp3) is 0.143. The van der Waals surface area contributed by atoms with E-state index in [1.807, 2.05) is 6.92 Å². The second-order valence-electron chi connectivity index (χ2n) is 4.09. The predicted octanol–water partition coefficient (Wildman–Crippen LogP) is 3.46. The van der Waals surface area contributed by atoms with Crippen LogP contribution in [-0.2, 0) is 0 Å². The molecule has 3 aromatic rings. The molecule has 0 fully saturated rings. The number of fused-ring (bicyclic) bond motifs is 1. The van der Waals surface area contributed by atoms with E-state index in [9.17, 15) is 4.39 Å². The fourth-order valence-electron chi connectivity index (χ4n) is 1.92. The van der Waals surface area contributed by atoms with Crippen molar-refractivity contribution in [3.05, 3.63) is 42.5 Å². The van der Waals surface area contributed by atoms with Crippen molar-refractivity contribution in [2.75, 3.05) is 11.9 Å². The summed E-state index contributed by atoms with van der Waals surface area (Å²) in [5.41, 5.74) is 0.877. The Labute approximate surface area is 109 Å². The first kappa shape index (κ1) is 11.6. The number of para-hydroxylation sites is 1. The molecule has 1 aromatic carbocycles. The monoisotopic (exact) mass is 257 g/mol. The lowest BCUT2D eigenvalue weighted by Crippen LogP contribution is -1.99. The molecule has 5 heteroatoms. The third-order valence-electron chi connectivity index (χ3n) is 2.77. The van der Waals surface area contributed by atoms with Crippen molar-refractivity contribution in [3.63, 3.8) is 0 Å². The van der Waals surface area contributed by atoms with Crippen molar-refractivity contribution in [2.45, 2.75) is 6.92 Å². The average molecular weight is 257 g/mol. The van der Waals surface area contributed by atoms with Gasteiger partial charge in [0, 0.05) is 18.0 Å². The van der Waals surface area contributed by atoms with Crippen molar-refractivity contribution in [1.82, 2.24) is 9.97 Å². The van der Waals surface area contributed by atoms with Gasteiger partial charge in [0.2, 0.25) is 0 Å². The van der Waals surface area contributed by atoms with E-state index in [-0.39, 0.29) is 11.4 Å². The van der Waals surface area contributed by atoms with E-state index in [1.165, 1.54) is 12.4 Å². The summed E-state index contributed by atoms with van der Waals surface area (Å²) < 4.78 is 19.1. The zero-order valence-electron chi connectivity index (χ0n) is 10.4. The molecule has 0 spiro atoms. The van der Waals surface area contributed by atoms with E-state index in [2.05, 4.69) is 15.3 Å². The number of hydrogen-bond acceptors (Lipinski definition) is 4. The summed E-state index contributed by atoms with van der Waals surface area (Å²) in [6, 6.07) is 8.38. The van der Waals surface area contributed by atoms with E-state index >= 15 is 0 Å². The van der Waals surface area contributed by atoms with Crippen LogP contribution in [0.2, 0.25) is 0 Å². The third-order valence-corrected chi connectivity index (χ3v) is 2.77. The number of anilines is 1. The van der Waals surface area contributed by atoms with Gasteiger partial charge in [0.05, 0.1) is 0 Å². The first-order valence-electron chi connectivity index (χ1n) is 6.02. The summed E-state index contributed by atoms with van der Waals surface area (Å²) >= 11 is 0. The molecule has 0 bridgehead atoms. The minimum Gasteiger partial charge on any atom is -0.451 e. The molecule has 3 rings (SSSR count). The van der Waals surface area contributed by atoms with Gasteiger partial charge in [-0.05, 0) is 19.1 Å². The van der Waals surface area contributed by atoms with Crippen molar-refractivity contribution in [1.29, 1.82) is 0 Å². The Morgan fingerprint density at radius 3 is 2.95 bits per heavy atom. The normalized spacial score (nSPS) is 10.8. The maximum atomic E-state index is 13.6. The molecular formula is C14H12FN3O. The highest BCUT2D eigenvalue weighted by Crippen LogP contribution is 2.28. The van der Waals surface area contributed by atoms with Crippen LogP contribution in [0.15, 0.2) is 41.1 Å². The molecule has 0 unspecified atom stereocenters. The van der Waals surface area contributed by atoms with Crippen LogP contribution in [0, 0.1) is 5.82 Å². The molecule has 2 aromatic heterocycles. The number of aromatic nitrogens is 2. The van der Waals surface area contributed by atoms with Gasteiger partial charge in [0.1, 0.15) is 17.8 Å². The van der Waals surface area contributed by atoms with E-state index in [4.69, 9.17) is 4.42 Å². The lowest BCUT2D eigenvalue weighted by molar-refractivity contribution is 0.567. The van der Waals surface area contributed by atoms with Gasteiger partial charge in [-0.25, -0.2) is 14.4 Å². The van der Waals surface area contributed by atoms with E-state index in [0.717, 1.165) is 11.9 Å². The first-order chi connectivity index (χ1) is 9.28. The molecule has 0 saturated carbocycles. The Balaban J connectivity index is 2.08. The Bertz CT molecular complexity index is 724. The minimum atomic E-state index is -0.371. The molecular weight excluding hydrogens is 245 g/mol. The van der Waals surface area contributed by atoms with Crippen LogP contribution in [0.5, 0.6) is 0 Å². The molecule has 0 atom stereocenters. The smallest absolute Gasteiger partial charge is 0.170 e. The topological polar surface area (TPSA) is 51.0 Å². The third kappa shape index (κ3) is 2.14. The minimum absolute atomic E-state index is 0.251. The summed E-state index contributed by atoms with van der Waals surface area (Å²) in [4.78, 5) is 8.24. The maximum Gasteiger partial charge on any atom is 0.170 e. The lowest BCUT2D eigenvalue weighted by atomic mass is 10.2. The van der Waals surface area contributed by atoms with Crippen molar-refractivity contribution < 1.29 is 8.81 Å². The highest BCUT2D eigenvalue weighted by molar-refractivity contribution is 5.82. The molecule has 0 aliphatic heterocycles. The molecule has 2 heterocycles. The first-order valence-corrected chi connectivity index (χ1v) is 6.02. The van der Waals surface area contributed by atoms with Crippen LogP contribution in [0.1, 0.15) is 6.92 Å². The van der Waals surface area contributed by atoms with Crippen LogP contribution in [0.4, 0.5) is 10.2 Å². The van der Waals surface area contributed by atoms with Crippen LogP contribution in [-0.4, -0.2) is 16.5 Å². The molecule has 0 aliphatic rings. The van der Waals surface area contributed by atoms with E-state index in [0.29, 0.717) is 17.3 Å². The number of nitrogens with zero attached hydrogens (tertiary/aromatic N) is 2. The van der Waals surface area contributed by atoms with Crippen LogP contribution >= 0.6 is 0 Å². The van der Waals surface area contributed by atoms with Crippen LogP contribution in [0.3, 0.4) is 0 Å². The Morgan fingerprint density at radius 2 is 2.16 bits per heavy atom. The number of benzene rings is 1. The quantitative estimate of drug-likeness (QED) is 0.780. The second kappa shape index (κ2) is 4.68. The van der Waals surface area contributed by atoms with Crippen LogP contribution < -0.4 is 5.32 Å².